The SMILES string of the molecule is C[C@@H](OCC1(c2ccccc2)CCC2(CC1)NC(=O)NC2=O)c1cc(C(F)(F)F)cc(C(F)(F)F)c1. The Morgan fingerprint density at radius 1 is 0.889 bits per heavy atom. The van der Waals surface area contributed by atoms with Gasteiger partial charge >= 0.3 is 18.4 Å². The molecule has 0 bridgehead atoms. The van der Waals surface area contributed by atoms with Crippen LogP contribution < -0.4 is 10.6 Å². The van der Waals surface area contributed by atoms with Crippen molar-refractivity contribution in [1.29, 1.82) is 0 Å². The van der Waals surface area contributed by atoms with Crippen LogP contribution in [-0.2, 0) is 27.3 Å². The van der Waals surface area contributed by atoms with Gasteiger partial charge in [0.2, 0.25) is 0 Å². The van der Waals surface area contributed by atoms with Gasteiger partial charge in [-0.3, -0.25) is 10.1 Å². The lowest BCUT2D eigenvalue weighted by Gasteiger charge is -2.44. The fourth-order valence-electron chi connectivity index (χ4n) is 4.94. The highest BCUT2D eigenvalue weighted by Gasteiger charge is 2.52. The number of imide groups is 1. The highest BCUT2D eigenvalue weighted by molar-refractivity contribution is 6.07. The zero-order chi connectivity index (χ0) is 26.4. The first kappa shape index (κ1) is 26.0. The van der Waals surface area contributed by atoms with Gasteiger partial charge in [-0.25, -0.2) is 4.79 Å². The lowest BCUT2D eigenvalue weighted by molar-refractivity contribution is -0.143. The normalized spacial score (nSPS) is 25.5. The van der Waals surface area contributed by atoms with E-state index >= 15 is 0 Å². The average Bonchev–Trinajstić information content (AvgIpc) is 3.10. The van der Waals surface area contributed by atoms with Gasteiger partial charge in [-0.15, -0.1) is 0 Å². The molecule has 0 unspecified atom stereocenters. The number of benzene rings is 2. The third kappa shape index (κ3) is 5.07. The Morgan fingerprint density at radius 2 is 1.44 bits per heavy atom. The Balaban J connectivity index is 1.59. The first-order valence-electron chi connectivity index (χ1n) is 11.3. The predicted octanol–water partition coefficient (Wildman–Crippen LogP) is 5.89. The minimum Gasteiger partial charge on any atom is -0.373 e. The molecule has 1 spiro atoms. The van der Waals surface area contributed by atoms with Crippen molar-refractivity contribution in [3.8, 4) is 0 Å². The highest BCUT2D eigenvalue weighted by atomic mass is 19.4. The fraction of sp³-hybridized carbons (Fsp3) is 0.440. The number of hydrogen-bond donors (Lipinski definition) is 2. The predicted molar refractivity (Wildman–Crippen MR) is 117 cm³/mol. The fourth-order valence-corrected chi connectivity index (χ4v) is 4.94. The van der Waals surface area contributed by atoms with Crippen LogP contribution in [0.25, 0.3) is 0 Å². The maximum absolute atomic E-state index is 13.3. The summed E-state index contributed by atoms with van der Waals surface area (Å²) in [5.74, 6) is -0.410. The lowest BCUT2D eigenvalue weighted by Crippen LogP contribution is -2.53. The van der Waals surface area contributed by atoms with Crippen LogP contribution in [0.2, 0.25) is 0 Å². The van der Waals surface area contributed by atoms with Crippen molar-refractivity contribution in [2.75, 3.05) is 6.61 Å². The standard InChI is InChI=1S/C25H24F6N2O3/c1-15(16-11-18(24(26,27)28)13-19(12-16)25(29,30)31)36-14-22(17-5-3-2-4-6-17)7-9-23(10-8-22)20(34)32-21(35)33-23/h2-6,11-13,15H,7-10,14H2,1H3,(H2,32,33,34,35)/t15-,22?,23?/m1/s1. The summed E-state index contributed by atoms with van der Waals surface area (Å²) in [5.41, 5.74) is -3.86. The smallest absolute Gasteiger partial charge is 0.373 e. The Labute approximate surface area is 203 Å². The highest BCUT2D eigenvalue weighted by Crippen LogP contribution is 2.45. The van der Waals surface area contributed by atoms with Crippen molar-refractivity contribution in [1.82, 2.24) is 10.6 Å². The number of carbonyl (C=O) groups is 2. The van der Waals surface area contributed by atoms with Gasteiger partial charge in [0.05, 0.1) is 23.8 Å². The molecular formula is C25H24F6N2O3. The first-order valence-corrected chi connectivity index (χ1v) is 11.3. The van der Waals surface area contributed by atoms with Crippen LogP contribution in [0.5, 0.6) is 0 Å². The molecule has 1 heterocycles. The molecule has 2 aromatic carbocycles. The van der Waals surface area contributed by atoms with Crippen LogP contribution in [0.3, 0.4) is 0 Å². The van der Waals surface area contributed by atoms with Crippen molar-refractivity contribution in [3.63, 3.8) is 0 Å². The first-order chi connectivity index (χ1) is 16.7. The van der Waals surface area contributed by atoms with Crippen molar-refractivity contribution in [2.24, 2.45) is 0 Å². The van der Waals surface area contributed by atoms with E-state index in [0.717, 1.165) is 5.56 Å². The summed E-state index contributed by atoms with van der Waals surface area (Å²) in [6, 6.07) is 10.0. The summed E-state index contributed by atoms with van der Waals surface area (Å²) in [4.78, 5) is 24.1. The van der Waals surface area contributed by atoms with E-state index in [2.05, 4.69) is 10.6 Å². The minimum atomic E-state index is -4.95. The number of hydrogen-bond acceptors (Lipinski definition) is 3. The second-order valence-corrected chi connectivity index (χ2v) is 9.43. The van der Waals surface area contributed by atoms with E-state index in [-0.39, 0.29) is 18.2 Å². The van der Waals surface area contributed by atoms with Crippen LogP contribution in [0.1, 0.15) is 61.0 Å². The molecule has 1 aliphatic heterocycles. The van der Waals surface area contributed by atoms with E-state index in [0.29, 0.717) is 37.8 Å². The molecule has 1 aliphatic carbocycles. The zero-order valence-corrected chi connectivity index (χ0v) is 19.2. The van der Waals surface area contributed by atoms with Gasteiger partial charge in [-0.1, -0.05) is 30.3 Å². The second kappa shape index (κ2) is 9.10. The maximum Gasteiger partial charge on any atom is 0.416 e. The van der Waals surface area contributed by atoms with E-state index in [1.165, 1.54) is 6.92 Å². The van der Waals surface area contributed by atoms with Gasteiger partial charge in [-0.05, 0) is 61.9 Å². The molecule has 3 amide bonds. The summed E-state index contributed by atoms with van der Waals surface area (Å²) in [6.45, 7) is 1.41. The van der Waals surface area contributed by atoms with Crippen LogP contribution >= 0.6 is 0 Å². The number of urea groups is 1. The molecule has 194 valence electrons. The number of alkyl halides is 6. The van der Waals surface area contributed by atoms with Gasteiger partial charge in [-0.2, -0.15) is 26.3 Å². The lowest BCUT2D eigenvalue weighted by atomic mass is 9.64. The van der Waals surface area contributed by atoms with Crippen LogP contribution in [-0.4, -0.2) is 24.1 Å². The molecule has 2 aliphatic rings. The number of amides is 3. The Morgan fingerprint density at radius 3 is 1.92 bits per heavy atom. The van der Waals surface area contributed by atoms with Gasteiger partial charge in [0.25, 0.3) is 5.91 Å². The zero-order valence-electron chi connectivity index (χ0n) is 19.2. The molecule has 4 rings (SSSR count). The summed E-state index contributed by atoms with van der Waals surface area (Å²) >= 11 is 0. The van der Waals surface area contributed by atoms with Crippen molar-refractivity contribution < 1.29 is 40.7 Å². The number of carbonyl (C=O) groups excluding carboxylic acids is 2. The molecule has 36 heavy (non-hydrogen) atoms. The van der Waals surface area contributed by atoms with Crippen LogP contribution in [0.4, 0.5) is 31.1 Å². The van der Waals surface area contributed by atoms with Crippen molar-refractivity contribution >= 4 is 11.9 Å². The number of halogens is 6. The number of rotatable bonds is 5. The summed E-state index contributed by atoms with van der Waals surface area (Å²) < 4.78 is 85.7. The second-order valence-electron chi connectivity index (χ2n) is 9.43. The largest absolute Gasteiger partial charge is 0.416 e. The van der Waals surface area contributed by atoms with E-state index in [1.807, 2.05) is 30.3 Å². The van der Waals surface area contributed by atoms with E-state index < -0.39 is 52.5 Å². The summed E-state index contributed by atoms with van der Waals surface area (Å²) in [7, 11) is 0. The summed E-state index contributed by atoms with van der Waals surface area (Å²) in [5, 5.41) is 4.93. The summed E-state index contributed by atoms with van der Waals surface area (Å²) in [6.07, 6.45) is -9.55. The van der Waals surface area contributed by atoms with Gasteiger partial charge < -0.3 is 10.1 Å². The van der Waals surface area contributed by atoms with Crippen LogP contribution in [0, 0.1) is 0 Å². The quantitative estimate of drug-likeness (QED) is 0.386. The average molecular weight is 514 g/mol. The molecule has 5 nitrogen and oxygen atoms in total. The molecule has 1 atom stereocenters. The van der Waals surface area contributed by atoms with Gasteiger partial charge in [0, 0.05) is 5.41 Å². The third-order valence-corrected chi connectivity index (χ3v) is 7.15. The maximum atomic E-state index is 13.3. The number of ether oxygens (including phenoxy) is 1. The Hall–Kier alpha value is -3.08. The van der Waals surface area contributed by atoms with E-state index in [9.17, 15) is 35.9 Å². The molecule has 2 aromatic rings. The van der Waals surface area contributed by atoms with Gasteiger partial charge in [0.1, 0.15) is 5.54 Å². The van der Waals surface area contributed by atoms with Gasteiger partial charge in [0.15, 0.2) is 0 Å². The number of nitrogens with one attached hydrogen (secondary N) is 2. The Bertz CT molecular complexity index is 1110. The molecule has 11 heteroatoms. The molecule has 1 saturated carbocycles. The van der Waals surface area contributed by atoms with Crippen LogP contribution in [0.15, 0.2) is 48.5 Å². The third-order valence-electron chi connectivity index (χ3n) is 7.15. The van der Waals surface area contributed by atoms with Crippen molar-refractivity contribution in [2.45, 2.75) is 62.0 Å². The topological polar surface area (TPSA) is 67.4 Å². The molecular weight excluding hydrogens is 490 g/mol. The molecule has 2 N–H and O–H groups in total. The van der Waals surface area contributed by atoms with E-state index in [4.69, 9.17) is 4.74 Å². The monoisotopic (exact) mass is 514 g/mol. The molecule has 2 fully saturated rings. The van der Waals surface area contributed by atoms with Crippen molar-refractivity contribution in [3.05, 3.63) is 70.8 Å². The Kier molecular flexibility index (Phi) is 6.57. The molecule has 1 saturated heterocycles. The molecule has 0 aromatic heterocycles. The minimum absolute atomic E-state index is 0.00141. The molecule has 0 radical (unpaired) electrons. The van der Waals surface area contributed by atoms with E-state index in [1.54, 1.807) is 0 Å².